The first-order valence-corrected chi connectivity index (χ1v) is 6.08. The Hall–Kier alpha value is -1.27. The number of aliphatic carboxylic acids is 1. The third-order valence-corrected chi connectivity index (χ3v) is 2.83. The molecule has 1 aromatic rings. The Morgan fingerprint density at radius 2 is 2.07 bits per heavy atom. The van der Waals surface area contributed by atoms with Gasteiger partial charge in [-0.3, -0.25) is 0 Å². The molecule has 1 aromatic carbocycles. The molecule has 0 saturated heterocycles. The molecule has 0 aliphatic rings. The predicted octanol–water partition coefficient (Wildman–Crippen LogP) is 1.08. The largest absolute Gasteiger partial charge is 0.482 e. The maximum absolute atomic E-state index is 10.9. The Morgan fingerprint density at radius 3 is 2.53 bits per heavy atom. The van der Waals surface area contributed by atoms with Gasteiger partial charge in [-0.2, -0.15) is 0 Å². The molecule has 0 aliphatic carbocycles. The van der Waals surface area contributed by atoms with E-state index in [-0.39, 0.29) is 10.6 Å². The average molecular weight is 253 g/mol. The van der Waals surface area contributed by atoms with Crippen LogP contribution in [-0.4, -0.2) is 26.1 Å². The molecule has 1 N–H and O–H groups in total. The van der Waals surface area contributed by atoms with Gasteiger partial charge in [0.2, 0.25) is 0 Å². The number of benzene rings is 1. The summed E-state index contributed by atoms with van der Waals surface area (Å²) in [6.45, 7) is -0.420. The molecule has 0 amide bonds. The minimum atomic E-state index is -3.76. The molecule has 0 atom stereocenters. The molecule has 0 saturated carbocycles. The van der Waals surface area contributed by atoms with Gasteiger partial charge in [0.05, 0.1) is 4.90 Å². The van der Waals surface area contributed by atoms with Crippen molar-refractivity contribution in [2.24, 2.45) is 0 Å². The fourth-order valence-corrected chi connectivity index (χ4v) is 1.61. The van der Waals surface area contributed by atoms with Gasteiger partial charge in [-0.05, 0) is 24.3 Å². The Bertz CT molecular complexity index is 470. The van der Waals surface area contributed by atoms with Crippen LogP contribution < -0.4 is 4.74 Å². The van der Waals surface area contributed by atoms with Gasteiger partial charge in [0.25, 0.3) is 10.5 Å². The molecule has 0 heterocycles. The van der Waals surface area contributed by atoms with Gasteiger partial charge in [-0.1, -0.05) is 0 Å². The van der Waals surface area contributed by atoms with Crippen molar-refractivity contribution in [1.29, 1.82) is 1.43 Å². The van der Waals surface area contributed by atoms with Crippen LogP contribution in [0.25, 0.3) is 1.43 Å². The SMILES string of the molecule is [3H]OC(=O)COc1ccc(S(=O)(=O)Cl)cc1. The molecule has 82 valence electrons. The van der Waals surface area contributed by atoms with E-state index in [1.807, 2.05) is 0 Å². The van der Waals surface area contributed by atoms with Crippen molar-refractivity contribution >= 4 is 25.7 Å². The van der Waals surface area contributed by atoms with E-state index in [0.717, 1.165) is 0 Å². The highest BCUT2D eigenvalue weighted by Crippen LogP contribution is 2.18. The quantitative estimate of drug-likeness (QED) is 0.811. The van der Waals surface area contributed by atoms with E-state index >= 15 is 0 Å². The van der Waals surface area contributed by atoms with Crippen LogP contribution in [0.3, 0.4) is 0 Å². The van der Waals surface area contributed by atoms with Crippen molar-refractivity contribution in [3.8, 4) is 5.75 Å². The minimum absolute atomic E-state index is 0.0652. The molecule has 15 heavy (non-hydrogen) atoms. The number of halogens is 1. The van der Waals surface area contributed by atoms with Crippen LogP contribution in [0.2, 0.25) is 0 Å². The van der Waals surface area contributed by atoms with Crippen molar-refractivity contribution in [2.75, 3.05) is 6.61 Å². The highest BCUT2D eigenvalue weighted by atomic mass is 35.7. The van der Waals surface area contributed by atoms with Crippen LogP contribution >= 0.6 is 10.7 Å². The molecule has 0 radical (unpaired) electrons. The zero-order valence-electron chi connectivity index (χ0n) is 8.34. The normalized spacial score (nSPS) is 11.7. The van der Waals surface area contributed by atoms with Crippen LogP contribution in [0.4, 0.5) is 0 Å². The molecule has 7 heteroatoms. The third kappa shape index (κ3) is 3.77. The van der Waals surface area contributed by atoms with Gasteiger partial charge in [0.1, 0.15) is 5.75 Å². The number of ether oxygens (including phenoxy) is 1. The summed E-state index contributed by atoms with van der Waals surface area (Å²) in [5.41, 5.74) is 0. The molecule has 0 aromatic heterocycles. The summed E-state index contributed by atoms with van der Waals surface area (Å²) < 4.78 is 32.9. The zero-order valence-corrected chi connectivity index (χ0v) is 8.92. The molecular weight excluding hydrogens is 244 g/mol. The summed E-state index contributed by atoms with van der Waals surface area (Å²) in [6.07, 6.45) is 0. The maximum atomic E-state index is 10.9. The number of rotatable bonds is 4. The fraction of sp³-hybridized carbons (Fsp3) is 0.125. The lowest BCUT2D eigenvalue weighted by molar-refractivity contribution is -0.139. The average Bonchev–Trinajstić information content (AvgIpc) is 2.25. The van der Waals surface area contributed by atoms with Crippen LogP contribution in [0.1, 0.15) is 0 Å². The lowest BCUT2D eigenvalue weighted by atomic mass is 10.3. The molecule has 0 unspecified atom stereocenters. The number of carboxylic acid groups (broad SMARTS) is 1. The van der Waals surface area contributed by atoms with Crippen molar-refractivity contribution < 1.29 is 23.1 Å². The maximum Gasteiger partial charge on any atom is 0.341 e. The van der Waals surface area contributed by atoms with Crippen LogP contribution in [0.15, 0.2) is 29.2 Å². The lowest BCUT2D eigenvalue weighted by Crippen LogP contribution is -2.09. The first-order valence-electron chi connectivity index (χ1n) is 4.18. The monoisotopic (exact) mass is 252 g/mol. The van der Waals surface area contributed by atoms with Crippen molar-refractivity contribution in [2.45, 2.75) is 4.90 Å². The molecule has 0 bridgehead atoms. The van der Waals surface area contributed by atoms with E-state index < -0.39 is 21.6 Å². The van der Waals surface area contributed by atoms with Crippen LogP contribution in [0, 0.1) is 0 Å². The summed E-state index contributed by atoms with van der Waals surface area (Å²) in [5.74, 6) is -0.580. The van der Waals surface area contributed by atoms with Gasteiger partial charge in [-0.25, -0.2) is 13.2 Å². The van der Waals surface area contributed by atoms with Crippen molar-refractivity contribution in [3.05, 3.63) is 24.3 Å². The van der Waals surface area contributed by atoms with E-state index in [1.54, 1.807) is 0 Å². The number of hydrogen-bond acceptors (Lipinski definition) is 5. The summed E-state index contributed by atoms with van der Waals surface area (Å²) in [4.78, 5) is 10.5. The molecule has 0 spiro atoms. The van der Waals surface area contributed by atoms with E-state index in [0.29, 0.717) is 0 Å². The number of carbonyl (C=O) groups is 1. The van der Waals surface area contributed by atoms with Crippen LogP contribution in [-0.2, 0) is 13.8 Å². The van der Waals surface area contributed by atoms with Crippen molar-refractivity contribution in [3.63, 3.8) is 0 Å². The van der Waals surface area contributed by atoms with Gasteiger partial charge in [-0.15, -0.1) is 0 Å². The standard InChI is InChI=1S/C8H7ClO5S/c9-15(12,13)7-3-1-6(2-4-7)14-5-8(10)11/h1-4H,5H2,(H,10,11)/i/hT. The van der Waals surface area contributed by atoms with Gasteiger partial charge < -0.3 is 9.85 Å². The Labute approximate surface area is 92.2 Å². The van der Waals surface area contributed by atoms with Gasteiger partial charge in [0, 0.05) is 10.7 Å². The molecule has 0 fully saturated rings. The van der Waals surface area contributed by atoms with Crippen LogP contribution in [0.5, 0.6) is 5.75 Å². The Morgan fingerprint density at radius 1 is 1.47 bits per heavy atom. The minimum Gasteiger partial charge on any atom is -0.482 e. The zero-order chi connectivity index (χ0) is 12.2. The highest BCUT2D eigenvalue weighted by molar-refractivity contribution is 8.13. The molecule has 5 nitrogen and oxygen atoms in total. The second-order valence-electron chi connectivity index (χ2n) is 2.57. The van der Waals surface area contributed by atoms with Crippen molar-refractivity contribution in [1.82, 2.24) is 0 Å². The Kier molecular flexibility index (Phi) is 3.08. The summed E-state index contributed by atoms with van der Waals surface area (Å²) in [7, 11) is 1.33. The topological polar surface area (TPSA) is 80.7 Å². The predicted molar refractivity (Wildman–Crippen MR) is 52.6 cm³/mol. The third-order valence-electron chi connectivity index (χ3n) is 1.46. The second kappa shape index (κ2) is 4.50. The second-order valence-corrected chi connectivity index (χ2v) is 5.14. The van der Waals surface area contributed by atoms with E-state index in [4.69, 9.17) is 16.9 Å². The molecular formula is C8H7ClO5S. The first-order chi connectivity index (χ1) is 7.43. The van der Waals surface area contributed by atoms with Gasteiger partial charge in [0.15, 0.2) is 6.61 Å². The number of hydrogen-bond donors (Lipinski definition) is 1. The lowest BCUT2D eigenvalue weighted by Gasteiger charge is -2.02. The summed E-state index contributed by atoms with van der Waals surface area (Å²) >= 11 is 0. The first kappa shape index (κ1) is 10.3. The number of carboxylic acids is 1. The van der Waals surface area contributed by atoms with Gasteiger partial charge >= 0.3 is 5.97 Å². The summed E-state index contributed by atoms with van der Waals surface area (Å²) in [6, 6.07) is 5.16. The molecule has 1 rings (SSSR count). The highest BCUT2D eigenvalue weighted by Gasteiger charge is 2.09. The van der Waals surface area contributed by atoms with E-state index in [2.05, 4.69) is 5.11 Å². The van der Waals surface area contributed by atoms with E-state index in [9.17, 15) is 13.2 Å². The molecule has 0 aliphatic heterocycles. The Balaban J connectivity index is 2.69. The summed E-state index contributed by atoms with van der Waals surface area (Å²) in [5, 5.41) is 3.62. The fourth-order valence-electron chi connectivity index (χ4n) is 0.841. The smallest absolute Gasteiger partial charge is 0.341 e. The van der Waals surface area contributed by atoms with E-state index in [1.165, 1.54) is 24.3 Å².